The molecule has 0 unspecified atom stereocenters. The van der Waals surface area contributed by atoms with Crippen molar-refractivity contribution in [3.8, 4) is 22.3 Å². The minimum atomic E-state index is -1.24. The van der Waals surface area contributed by atoms with Gasteiger partial charge in [0.2, 0.25) is 0 Å². The number of rotatable bonds is 5. The van der Waals surface area contributed by atoms with E-state index in [1.807, 2.05) is 188 Å². The summed E-state index contributed by atoms with van der Waals surface area (Å²) in [5.74, 6) is 0. The van der Waals surface area contributed by atoms with Crippen LogP contribution in [0.25, 0.3) is 22.3 Å². The van der Waals surface area contributed by atoms with Crippen molar-refractivity contribution in [2.45, 2.75) is 30.8 Å². The molecule has 0 amide bonds. The second-order valence-corrected chi connectivity index (χ2v) is 14.2. The maximum absolute atomic E-state index is 12.1. The van der Waals surface area contributed by atoms with Gasteiger partial charge in [0.15, 0.2) is 0 Å². The van der Waals surface area contributed by atoms with Crippen LogP contribution >= 0.6 is 0 Å². The second-order valence-electron chi connectivity index (χ2n) is 14.2. The summed E-state index contributed by atoms with van der Waals surface area (Å²) < 4.78 is 0. The van der Waals surface area contributed by atoms with E-state index in [1.54, 1.807) is 0 Å². The molecule has 5 heteroatoms. The van der Waals surface area contributed by atoms with Gasteiger partial charge in [-0.3, -0.25) is 0 Å². The van der Waals surface area contributed by atoms with E-state index in [-0.39, 0.29) is 0 Å². The van der Waals surface area contributed by atoms with E-state index in [0.29, 0.717) is 19.6 Å². The van der Waals surface area contributed by atoms with E-state index in [0.717, 1.165) is 55.6 Å². The van der Waals surface area contributed by atoms with E-state index in [4.69, 9.17) is 17.2 Å². The molecule has 0 bridgehead atoms. The highest BCUT2D eigenvalue weighted by Crippen LogP contribution is 2.53. The smallest absolute Gasteiger partial charge is 0.141 e. The number of hydrogen-bond donors (Lipinski definition) is 5. The van der Waals surface area contributed by atoms with Gasteiger partial charge in [0.1, 0.15) is 11.2 Å². The maximum Gasteiger partial charge on any atom is 0.141 e. The predicted octanol–water partition coefficient (Wildman–Crippen LogP) is 9.65. The van der Waals surface area contributed by atoms with Crippen LogP contribution in [0.15, 0.2) is 212 Å². The van der Waals surface area contributed by atoms with Crippen molar-refractivity contribution in [1.29, 1.82) is 0 Å². The molecule has 0 aliphatic heterocycles. The number of benzene rings is 8. The van der Waals surface area contributed by atoms with Crippen LogP contribution < -0.4 is 17.2 Å². The van der Waals surface area contributed by atoms with Gasteiger partial charge in [0.05, 0.1) is 0 Å². The highest BCUT2D eigenvalue weighted by Gasteiger charge is 2.45. The van der Waals surface area contributed by atoms with E-state index in [2.05, 4.69) is 24.3 Å². The Balaban J connectivity index is 0.000000172. The molecule has 0 atom stereocenters. The molecule has 0 aromatic heterocycles. The summed E-state index contributed by atoms with van der Waals surface area (Å²) >= 11 is 0. The lowest BCUT2D eigenvalue weighted by Gasteiger charge is -2.29. The molecule has 8 N–H and O–H groups in total. The highest BCUT2D eigenvalue weighted by atomic mass is 16.3. The highest BCUT2D eigenvalue weighted by molar-refractivity contribution is 5.83. The van der Waals surface area contributed by atoms with Crippen molar-refractivity contribution in [3.05, 3.63) is 262 Å². The van der Waals surface area contributed by atoms with Gasteiger partial charge in [0.25, 0.3) is 0 Å². The topological polar surface area (TPSA) is 119 Å². The lowest BCUT2D eigenvalue weighted by Crippen LogP contribution is -2.28. The van der Waals surface area contributed by atoms with Crippen LogP contribution in [-0.4, -0.2) is 10.2 Å². The SMILES string of the molecule is NCc1ccccc1.NCc1ccccc1.NCc1ccccc1.OC1(c2ccc(C3(O)c4ccccc4-c4ccccc43)cc2)c2ccccc2-c2ccccc21. The first-order valence-corrected chi connectivity index (χ1v) is 19.6. The summed E-state index contributed by atoms with van der Waals surface area (Å²) in [7, 11) is 0. The summed E-state index contributed by atoms with van der Waals surface area (Å²) in [6, 6.07) is 70.0. The Morgan fingerprint density at radius 2 is 0.483 bits per heavy atom. The van der Waals surface area contributed by atoms with Crippen molar-refractivity contribution >= 4 is 0 Å². The molecule has 8 aromatic carbocycles. The summed E-state index contributed by atoms with van der Waals surface area (Å²) in [6.07, 6.45) is 0. The fourth-order valence-corrected chi connectivity index (χ4v) is 7.84. The fourth-order valence-electron chi connectivity index (χ4n) is 7.84. The molecule has 5 nitrogen and oxygen atoms in total. The van der Waals surface area contributed by atoms with E-state index in [9.17, 15) is 10.2 Å². The van der Waals surface area contributed by atoms with Crippen LogP contribution in [0.1, 0.15) is 50.1 Å². The minimum absolute atomic E-state index is 0.640. The van der Waals surface area contributed by atoms with Crippen molar-refractivity contribution in [2.24, 2.45) is 17.2 Å². The first kappa shape index (κ1) is 39.8. The first-order valence-electron chi connectivity index (χ1n) is 19.6. The molecule has 8 aromatic rings. The van der Waals surface area contributed by atoms with Crippen LogP contribution in [0.3, 0.4) is 0 Å². The Hall–Kier alpha value is -6.44. The van der Waals surface area contributed by atoms with Gasteiger partial charge in [0, 0.05) is 41.9 Å². The van der Waals surface area contributed by atoms with Crippen molar-refractivity contribution in [3.63, 3.8) is 0 Å². The molecule has 58 heavy (non-hydrogen) atoms. The first-order chi connectivity index (χ1) is 28.4. The predicted molar refractivity (Wildman–Crippen MR) is 237 cm³/mol. The normalized spacial score (nSPS) is 13.1. The van der Waals surface area contributed by atoms with Crippen LogP contribution in [0.2, 0.25) is 0 Å². The Morgan fingerprint density at radius 1 is 0.276 bits per heavy atom. The zero-order valence-corrected chi connectivity index (χ0v) is 32.5. The number of hydrogen-bond acceptors (Lipinski definition) is 5. The quantitative estimate of drug-likeness (QED) is 0.120. The average Bonchev–Trinajstić information content (AvgIpc) is 3.74. The fraction of sp³-hybridized carbons (Fsp3) is 0.0943. The zero-order chi connectivity index (χ0) is 40.4. The summed E-state index contributed by atoms with van der Waals surface area (Å²) in [5, 5.41) is 24.3. The molecule has 0 spiro atoms. The summed E-state index contributed by atoms with van der Waals surface area (Å²) in [4.78, 5) is 0. The third-order valence-corrected chi connectivity index (χ3v) is 10.8. The number of fused-ring (bicyclic) bond motifs is 6. The molecule has 0 saturated heterocycles. The Labute approximate surface area is 341 Å². The molecule has 2 aliphatic carbocycles. The third-order valence-electron chi connectivity index (χ3n) is 10.8. The van der Waals surface area contributed by atoms with Gasteiger partial charge < -0.3 is 27.4 Å². The van der Waals surface area contributed by atoms with Crippen LogP contribution in [0.5, 0.6) is 0 Å². The molecule has 0 fully saturated rings. The monoisotopic (exact) mass is 759 g/mol. The molecule has 0 radical (unpaired) electrons. The van der Waals surface area contributed by atoms with Gasteiger partial charge in [-0.1, -0.05) is 212 Å². The third kappa shape index (κ3) is 7.91. The lowest BCUT2D eigenvalue weighted by atomic mass is 9.80. The standard InChI is InChI=1S/C32H22O2.3C7H9N/c33-31(27-13-5-1-9-23(27)24-10-2-6-14-28(24)31)21-17-19-22(20-18-21)32(34)29-15-7-3-11-25(29)26-12-4-8-16-30(26)32;3*8-6-7-4-2-1-3-5-7/h1-20,33-34H;3*1-5H,6,8H2. The van der Waals surface area contributed by atoms with Gasteiger partial charge in [-0.2, -0.15) is 0 Å². The Kier molecular flexibility index (Phi) is 12.5. The van der Waals surface area contributed by atoms with Crippen LogP contribution in [0.4, 0.5) is 0 Å². The van der Waals surface area contributed by atoms with Crippen molar-refractivity contribution in [2.75, 3.05) is 0 Å². The lowest BCUT2D eigenvalue weighted by molar-refractivity contribution is 0.126. The molecule has 0 saturated carbocycles. The van der Waals surface area contributed by atoms with Gasteiger partial charge in [-0.15, -0.1) is 0 Å². The molecule has 288 valence electrons. The van der Waals surface area contributed by atoms with Gasteiger partial charge in [-0.25, -0.2) is 0 Å². The molecule has 0 heterocycles. The summed E-state index contributed by atoms with van der Waals surface area (Å²) in [6.45, 7) is 1.92. The van der Waals surface area contributed by atoms with Gasteiger partial charge >= 0.3 is 0 Å². The molecular weight excluding hydrogens is 711 g/mol. The Morgan fingerprint density at radius 3 is 0.690 bits per heavy atom. The zero-order valence-electron chi connectivity index (χ0n) is 32.5. The molecule has 2 aliphatic rings. The average molecular weight is 760 g/mol. The molecular formula is C53H49N3O2. The van der Waals surface area contributed by atoms with E-state index >= 15 is 0 Å². The maximum atomic E-state index is 12.1. The van der Waals surface area contributed by atoms with Gasteiger partial charge in [-0.05, 0) is 50.1 Å². The van der Waals surface area contributed by atoms with Crippen molar-refractivity contribution in [1.82, 2.24) is 0 Å². The van der Waals surface area contributed by atoms with Crippen LogP contribution in [0, 0.1) is 0 Å². The minimum Gasteiger partial charge on any atom is -0.376 e. The number of aliphatic hydroxyl groups is 2. The van der Waals surface area contributed by atoms with E-state index < -0.39 is 11.2 Å². The summed E-state index contributed by atoms with van der Waals surface area (Å²) in [5.41, 5.74) is 26.5. The van der Waals surface area contributed by atoms with E-state index in [1.165, 1.54) is 16.7 Å². The van der Waals surface area contributed by atoms with Crippen LogP contribution in [-0.2, 0) is 30.8 Å². The number of nitrogens with two attached hydrogens (primary N) is 3. The van der Waals surface area contributed by atoms with Crippen molar-refractivity contribution < 1.29 is 10.2 Å². The Bertz CT molecular complexity index is 2230. The second kappa shape index (κ2) is 18.2. The molecule has 10 rings (SSSR count). The largest absolute Gasteiger partial charge is 0.376 e.